The fourth-order valence-corrected chi connectivity index (χ4v) is 4.24. The van der Waals surface area contributed by atoms with Gasteiger partial charge in [0.05, 0.1) is 6.04 Å². The van der Waals surface area contributed by atoms with Gasteiger partial charge in [0.15, 0.2) is 0 Å². The van der Waals surface area contributed by atoms with Crippen LogP contribution in [0.5, 0.6) is 0 Å². The van der Waals surface area contributed by atoms with E-state index in [1.807, 2.05) is 4.68 Å². The molecule has 3 rings (SSSR count). The van der Waals surface area contributed by atoms with E-state index in [0.29, 0.717) is 17.4 Å². The molecular formula is C18H30N4O. The van der Waals surface area contributed by atoms with E-state index in [9.17, 15) is 4.79 Å². The standard InChI is InChI=1S/C18H30N4O/c1-18(2,3)15-8-6-14(7-9-15)17(23)21-10-4-5-16(11-21)22-13-19-12-20-22/h12-16H,4-11H2,1-3H3. The van der Waals surface area contributed by atoms with Crippen molar-refractivity contribution in [1.29, 1.82) is 0 Å². The number of likely N-dealkylation sites (tertiary alicyclic amines) is 1. The third-order valence-electron chi connectivity index (χ3n) is 5.82. The second kappa shape index (κ2) is 6.62. The third-order valence-corrected chi connectivity index (χ3v) is 5.82. The van der Waals surface area contributed by atoms with Crippen molar-refractivity contribution in [1.82, 2.24) is 19.7 Å². The minimum atomic E-state index is 0.239. The second-order valence-corrected chi connectivity index (χ2v) is 8.37. The van der Waals surface area contributed by atoms with E-state index in [1.165, 1.54) is 12.8 Å². The number of carbonyl (C=O) groups excluding carboxylic acids is 1. The van der Waals surface area contributed by atoms with Gasteiger partial charge in [0, 0.05) is 19.0 Å². The molecule has 1 amide bonds. The molecule has 1 unspecified atom stereocenters. The first-order valence-corrected chi connectivity index (χ1v) is 9.08. The zero-order valence-electron chi connectivity index (χ0n) is 14.7. The summed E-state index contributed by atoms with van der Waals surface area (Å²) in [6.45, 7) is 8.68. The summed E-state index contributed by atoms with van der Waals surface area (Å²) in [5.74, 6) is 1.38. The van der Waals surface area contributed by atoms with Gasteiger partial charge in [-0.2, -0.15) is 5.10 Å². The molecular weight excluding hydrogens is 288 g/mol. The third kappa shape index (κ3) is 3.75. The second-order valence-electron chi connectivity index (χ2n) is 8.37. The van der Waals surface area contributed by atoms with Crippen LogP contribution < -0.4 is 0 Å². The molecule has 5 heteroatoms. The predicted molar refractivity (Wildman–Crippen MR) is 89.8 cm³/mol. The highest BCUT2D eigenvalue weighted by Crippen LogP contribution is 2.40. The van der Waals surface area contributed by atoms with E-state index in [4.69, 9.17) is 0 Å². The van der Waals surface area contributed by atoms with E-state index in [-0.39, 0.29) is 5.92 Å². The Morgan fingerprint density at radius 2 is 1.87 bits per heavy atom. The molecule has 1 aliphatic carbocycles. The summed E-state index contributed by atoms with van der Waals surface area (Å²) in [5, 5.41) is 4.25. The number of nitrogens with zero attached hydrogens (tertiary/aromatic N) is 4. The Bertz CT molecular complexity index is 512. The van der Waals surface area contributed by atoms with Crippen LogP contribution in [0.2, 0.25) is 0 Å². The van der Waals surface area contributed by atoms with Crippen LogP contribution in [0.3, 0.4) is 0 Å². The topological polar surface area (TPSA) is 51.0 Å². The van der Waals surface area contributed by atoms with Crippen molar-refractivity contribution < 1.29 is 4.79 Å². The molecule has 2 heterocycles. The monoisotopic (exact) mass is 318 g/mol. The lowest BCUT2D eigenvalue weighted by Gasteiger charge is -2.39. The van der Waals surface area contributed by atoms with E-state index in [2.05, 4.69) is 35.8 Å². The number of piperidine rings is 1. The largest absolute Gasteiger partial charge is 0.340 e. The van der Waals surface area contributed by atoms with E-state index in [1.54, 1.807) is 12.7 Å². The van der Waals surface area contributed by atoms with E-state index >= 15 is 0 Å². The Labute approximate surface area is 139 Å². The van der Waals surface area contributed by atoms with E-state index in [0.717, 1.165) is 44.7 Å². The lowest BCUT2D eigenvalue weighted by molar-refractivity contribution is -0.139. The summed E-state index contributed by atoms with van der Waals surface area (Å²) < 4.78 is 1.91. The summed E-state index contributed by atoms with van der Waals surface area (Å²) in [7, 11) is 0. The molecule has 23 heavy (non-hydrogen) atoms. The average Bonchev–Trinajstić information content (AvgIpc) is 3.08. The molecule has 2 aliphatic rings. The van der Waals surface area contributed by atoms with Gasteiger partial charge < -0.3 is 4.90 Å². The Morgan fingerprint density at radius 3 is 2.48 bits per heavy atom. The van der Waals surface area contributed by atoms with Gasteiger partial charge >= 0.3 is 0 Å². The SMILES string of the molecule is CC(C)(C)C1CCC(C(=O)N2CCCC(n3cncn3)C2)CC1. The van der Waals surface area contributed by atoms with Crippen molar-refractivity contribution in [3.8, 4) is 0 Å². The van der Waals surface area contributed by atoms with Crippen LogP contribution in [0.25, 0.3) is 0 Å². The minimum Gasteiger partial charge on any atom is -0.340 e. The highest BCUT2D eigenvalue weighted by atomic mass is 16.2. The van der Waals surface area contributed by atoms with Crippen LogP contribution in [0, 0.1) is 17.3 Å². The normalized spacial score (nSPS) is 29.5. The molecule has 1 atom stereocenters. The number of hydrogen-bond acceptors (Lipinski definition) is 3. The molecule has 1 saturated heterocycles. The molecule has 1 aliphatic heterocycles. The maximum atomic E-state index is 12.9. The summed E-state index contributed by atoms with van der Waals surface area (Å²) in [6, 6.07) is 0.293. The number of carbonyl (C=O) groups is 1. The molecule has 128 valence electrons. The number of rotatable bonds is 2. The Hall–Kier alpha value is -1.39. The first kappa shape index (κ1) is 16.5. The molecule has 1 aromatic heterocycles. The van der Waals surface area contributed by atoms with Gasteiger partial charge in [0.25, 0.3) is 0 Å². The van der Waals surface area contributed by atoms with Crippen molar-refractivity contribution in [2.75, 3.05) is 13.1 Å². The van der Waals surface area contributed by atoms with Crippen molar-refractivity contribution >= 4 is 5.91 Å². The van der Waals surface area contributed by atoms with Gasteiger partial charge in [0.1, 0.15) is 12.7 Å². The zero-order chi connectivity index (χ0) is 16.4. The molecule has 0 bridgehead atoms. The lowest BCUT2D eigenvalue weighted by Crippen LogP contribution is -2.44. The maximum absolute atomic E-state index is 12.9. The molecule has 1 saturated carbocycles. The Kier molecular flexibility index (Phi) is 4.74. The molecule has 0 spiro atoms. The first-order valence-electron chi connectivity index (χ1n) is 9.08. The van der Waals surface area contributed by atoms with E-state index < -0.39 is 0 Å². The molecule has 1 aromatic rings. The zero-order valence-corrected chi connectivity index (χ0v) is 14.7. The fourth-order valence-electron chi connectivity index (χ4n) is 4.24. The Balaban J connectivity index is 1.56. The number of aromatic nitrogens is 3. The average molecular weight is 318 g/mol. The minimum absolute atomic E-state index is 0.239. The molecule has 0 aromatic carbocycles. The first-order chi connectivity index (χ1) is 10.9. The fraction of sp³-hybridized carbons (Fsp3) is 0.833. The highest BCUT2D eigenvalue weighted by molar-refractivity contribution is 5.79. The summed E-state index contributed by atoms with van der Waals surface area (Å²) >= 11 is 0. The molecule has 2 fully saturated rings. The van der Waals surface area contributed by atoms with Crippen LogP contribution in [0.4, 0.5) is 0 Å². The van der Waals surface area contributed by atoms with Crippen LogP contribution >= 0.6 is 0 Å². The van der Waals surface area contributed by atoms with Gasteiger partial charge in [-0.3, -0.25) is 4.79 Å². The summed E-state index contributed by atoms with van der Waals surface area (Å²) in [6.07, 6.45) is 10.0. The predicted octanol–water partition coefficient (Wildman–Crippen LogP) is 3.29. The highest BCUT2D eigenvalue weighted by Gasteiger charge is 2.35. The summed E-state index contributed by atoms with van der Waals surface area (Å²) in [5.41, 5.74) is 0.372. The Morgan fingerprint density at radius 1 is 1.13 bits per heavy atom. The van der Waals surface area contributed by atoms with Crippen LogP contribution in [0.1, 0.15) is 65.3 Å². The molecule has 0 N–H and O–H groups in total. The van der Waals surface area contributed by atoms with Crippen molar-refractivity contribution in [3.63, 3.8) is 0 Å². The number of amides is 1. The molecule has 5 nitrogen and oxygen atoms in total. The number of hydrogen-bond donors (Lipinski definition) is 0. The maximum Gasteiger partial charge on any atom is 0.225 e. The van der Waals surface area contributed by atoms with Gasteiger partial charge in [-0.25, -0.2) is 9.67 Å². The van der Waals surface area contributed by atoms with Crippen LogP contribution in [-0.4, -0.2) is 38.7 Å². The van der Waals surface area contributed by atoms with Crippen LogP contribution in [0.15, 0.2) is 12.7 Å². The van der Waals surface area contributed by atoms with Crippen molar-refractivity contribution in [3.05, 3.63) is 12.7 Å². The smallest absolute Gasteiger partial charge is 0.225 e. The van der Waals surface area contributed by atoms with Crippen molar-refractivity contribution in [2.24, 2.45) is 17.3 Å². The molecule has 0 radical (unpaired) electrons. The van der Waals surface area contributed by atoms with Gasteiger partial charge in [0.2, 0.25) is 5.91 Å². The lowest BCUT2D eigenvalue weighted by atomic mass is 9.69. The van der Waals surface area contributed by atoms with Gasteiger partial charge in [-0.05, 0) is 49.9 Å². The van der Waals surface area contributed by atoms with Gasteiger partial charge in [-0.15, -0.1) is 0 Å². The van der Waals surface area contributed by atoms with Gasteiger partial charge in [-0.1, -0.05) is 20.8 Å². The van der Waals surface area contributed by atoms with Crippen LogP contribution in [-0.2, 0) is 4.79 Å². The quantitative estimate of drug-likeness (QED) is 0.841. The summed E-state index contributed by atoms with van der Waals surface area (Å²) in [4.78, 5) is 19.0. The van der Waals surface area contributed by atoms with Crippen molar-refractivity contribution in [2.45, 2.75) is 65.3 Å².